The minimum absolute atomic E-state index is 0.388. The monoisotopic (exact) mass is 306 g/mol. The molecule has 1 aliphatic rings. The predicted molar refractivity (Wildman–Crippen MR) is 90.8 cm³/mol. The van der Waals surface area contributed by atoms with Crippen molar-refractivity contribution in [2.45, 2.75) is 65.0 Å². The normalized spacial score (nSPS) is 23.5. The average molecular weight is 306 g/mol. The number of likely N-dealkylation sites (tertiary alicyclic amines) is 1. The van der Waals surface area contributed by atoms with E-state index in [1.165, 1.54) is 41.8 Å². The molecule has 2 N–H and O–H groups in total. The van der Waals surface area contributed by atoms with Crippen LogP contribution in [0, 0.1) is 6.92 Å². The van der Waals surface area contributed by atoms with Crippen molar-refractivity contribution < 1.29 is 14.7 Å². The number of benzene rings is 1. The van der Waals surface area contributed by atoms with E-state index in [9.17, 15) is 5.11 Å². The van der Waals surface area contributed by atoms with Crippen molar-refractivity contribution in [1.82, 2.24) is 0 Å². The molecule has 3 heteroatoms. The molecule has 2 rings (SSSR count). The van der Waals surface area contributed by atoms with Gasteiger partial charge in [0.2, 0.25) is 0 Å². The number of ether oxygens (including phenoxy) is 1. The van der Waals surface area contributed by atoms with E-state index in [4.69, 9.17) is 4.74 Å². The van der Waals surface area contributed by atoms with E-state index in [1.807, 2.05) is 0 Å². The van der Waals surface area contributed by atoms with E-state index >= 15 is 0 Å². The first-order valence-electron chi connectivity index (χ1n) is 8.73. The highest BCUT2D eigenvalue weighted by Gasteiger charge is 2.24. The fourth-order valence-corrected chi connectivity index (χ4v) is 3.35. The maximum Gasteiger partial charge on any atom is 0.137 e. The molecule has 0 aliphatic carbocycles. The van der Waals surface area contributed by atoms with Crippen molar-refractivity contribution in [1.29, 1.82) is 0 Å². The minimum atomic E-state index is -0.393. The van der Waals surface area contributed by atoms with Crippen molar-refractivity contribution in [2.24, 2.45) is 0 Å². The highest BCUT2D eigenvalue weighted by atomic mass is 16.5. The molecule has 3 atom stereocenters. The van der Waals surface area contributed by atoms with Gasteiger partial charge in [-0.3, -0.25) is 0 Å². The number of hydrogen-bond donors (Lipinski definition) is 2. The van der Waals surface area contributed by atoms with Gasteiger partial charge in [-0.25, -0.2) is 0 Å². The molecular weight excluding hydrogens is 274 g/mol. The lowest BCUT2D eigenvalue weighted by molar-refractivity contribution is -0.931. The summed E-state index contributed by atoms with van der Waals surface area (Å²) in [4.78, 5) is 1.52. The molecule has 1 aromatic rings. The Kier molecular flexibility index (Phi) is 6.27. The van der Waals surface area contributed by atoms with Gasteiger partial charge in [0.1, 0.15) is 25.0 Å². The second kappa shape index (κ2) is 7.98. The van der Waals surface area contributed by atoms with Crippen LogP contribution in [0.1, 0.15) is 57.1 Å². The van der Waals surface area contributed by atoms with Crippen molar-refractivity contribution >= 4 is 0 Å². The van der Waals surface area contributed by atoms with Gasteiger partial charge in [-0.15, -0.1) is 0 Å². The highest BCUT2D eigenvalue weighted by Crippen LogP contribution is 2.27. The van der Waals surface area contributed by atoms with Gasteiger partial charge in [0.05, 0.1) is 12.6 Å². The number of aryl methyl sites for hydroxylation is 1. The van der Waals surface area contributed by atoms with Gasteiger partial charge >= 0.3 is 0 Å². The molecule has 1 aromatic carbocycles. The Balaban J connectivity index is 1.90. The summed E-state index contributed by atoms with van der Waals surface area (Å²) in [6, 6.07) is 7.00. The summed E-state index contributed by atoms with van der Waals surface area (Å²) >= 11 is 0. The molecule has 1 fully saturated rings. The molecule has 1 unspecified atom stereocenters. The summed E-state index contributed by atoms with van der Waals surface area (Å²) in [7, 11) is 0. The van der Waals surface area contributed by atoms with Gasteiger partial charge in [0, 0.05) is 0 Å². The highest BCUT2D eigenvalue weighted by molar-refractivity contribution is 5.39. The topological polar surface area (TPSA) is 33.9 Å². The molecule has 0 amide bonds. The fourth-order valence-electron chi connectivity index (χ4n) is 3.35. The van der Waals surface area contributed by atoms with Crippen molar-refractivity contribution in [2.75, 3.05) is 19.7 Å². The van der Waals surface area contributed by atoms with Gasteiger partial charge in [-0.2, -0.15) is 0 Å². The predicted octanol–water partition coefficient (Wildman–Crippen LogP) is 2.32. The zero-order valence-corrected chi connectivity index (χ0v) is 14.6. The van der Waals surface area contributed by atoms with E-state index in [-0.39, 0.29) is 0 Å². The number of piperidine rings is 1. The molecule has 3 nitrogen and oxygen atoms in total. The lowest BCUT2D eigenvalue weighted by Crippen LogP contribution is -3.17. The van der Waals surface area contributed by atoms with Gasteiger partial charge in [-0.05, 0) is 56.2 Å². The third-order valence-corrected chi connectivity index (χ3v) is 4.80. The van der Waals surface area contributed by atoms with E-state index in [0.717, 1.165) is 12.3 Å². The first kappa shape index (κ1) is 17.3. The average Bonchev–Trinajstić information content (AvgIpc) is 2.47. The lowest BCUT2D eigenvalue weighted by atomic mass is 10.0. The molecule has 0 spiro atoms. The van der Waals surface area contributed by atoms with Crippen LogP contribution in [0.4, 0.5) is 0 Å². The summed E-state index contributed by atoms with van der Waals surface area (Å²) < 4.78 is 5.95. The van der Waals surface area contributed by atoms with Crippen LogP contribution >= 0.6 is 0 Å². The quantitative estimate of drug-likeness (QED) is 0.846. The maximum atomic E-state index is 10.3. The van der Waals surface area contributed by atoms with E-state index < -0.39 is 6.10 Å². The van der Waals surface area contributed by atoms with E-state index in [0.29, 0.717) is 18.6 Å². The van der Waals surface area contributed by atoms with Gasteiger partial charge < -0.3 is 14.7 Å². The molecule has 1 heterocycles. The van der Waals surface area contributed by atoms with Crippen molar-refractivity contribution in [3.05, 3.63) is 29.3 Å². The summed E-state index contributed by atoms with van der Waals surface area (Å²) in [5, 5.41) is 10.3. The molecule has 1 saturated heterocycles. The van der Waals surface area contributed by atoms with Gasteiger partial charge in [0.25, 0.3) is 0 Å². The second-order valence-electron chi connectivity index (χ2n) is 7.17. The third kappa shape index (κ3) is 4.72. The molecule has 1 aliphatic heterocycles. The van der Waals surface area contributed by atoms with Crippen molar-refractivity contribution in [3.8, 4) is 5.75 Å². The standard InChI is InChI=1S/C19H31NO2/c1-14(2)18-9-8-15(3)11-19(18)22-13-17(21)12-20-10-6-5-7-16(20)4/h8-9,11,14,16-17,21H,5-7,10,12-13H2,1-4H3/p+1/t16-,17+/m0/s1. The Morgan fingerprint density at radius 1 is 1.32 bits per heavy atom. The summed E-state index contributed by atoms with van der Waals surface area (Å²) in [6.07, 6.45) is 3.50. The van der Waals surface area contributed by atoms with Gasteiger partial charge in [0.15, 0.2) is 0 Å². The van der Waals surface area contributed by atoms with Crippen LogP contribution in [0.3, 0.4) is 0 Å². The molecule has 0 aromatic heterocycles. The van der Waals surface area contributed by atoms with Crippen LogP contribution in [0.5, 0.6) is 5.75 Å². The number of hydrogen-bond acceptors (Lipinski definition) is 2. The molecule has 0 saturated carbocycles. The van der Waals surface area contributed by atoms with E-state index in [2.05, 4.69) is 45.9 Å². The summed E-state index contributed by atoms with van der Waals surface area (Å²) in [6.45, 7) is 11.1. The van der Waals surface area contributed by atoms with Crippen LogP contribution in [0.2, 0.25) is 0 Å². The number of nitrogens with one attached hydrogen (secondary N) is 1. The Hall–Kier alpha value is -1.06. The van der Waals surface area contributed by atoms with Crippen LogP contribution < -0.4 is 9.64 Å². The van der Waals surface area contributed by atoms with Gasteiger partial charge in [-0.1, -0.05) is 26.0 Å². The molecule has 22 heavy (non-hydrogen) atoms. The zero-order valence-electron chi connectivity index (χ0n) is 14.6. The smallest absolute Gasteiger partial charge is 0.137 e. The zero-order chi connectivity index (χ0) is 16.1. The summed E-state index contributed by atoms with van der Waals surface area (Å²) in [5.41, 5.74) is 2.42. The largest absolute Gasteiger partial charge is 0.490 e. The van der Waals surface area contributed by atoms with E-state index in [1.54, 1.807) is 0 Å². The number of quaternary nitrogens is 1. The minimum Gasteiger partial charge on any atom is -0.490 e. The Bertz CT molecular complexity index is 473. The first-order chi connectivity index (χ1) is 10.5. The Labute approximate surface area is 135 Å². The second-order valence-corrected chi connectivity index (χ2v) is 7.17. The van der Waals surface area contributed by atoms with Crippen LogP contribution in [0.25, 0.3) is 0 Å². The Morgan fingerprint density at radius 2 is 2.09 bits per heavy atom. The molecule has 0 radical (unpaired) electrons. The maximum absolute atomic E-state index is 10.3. The van der Waals surface area contributed by atoms with Crippen LogP contribution in [0.15, 0.2) is 18.2 Å². The Morgan fingerprint density at radius 3 is 2.77 bits per heavy atom. The van der Waals surface area contributed by atoms with Crippen LogP contribution in [-0.2, 0) is 0 Å². The number of aliphatic hydroxyl groups excluding tert-OH is 1. The van der Waals surface area contributed by atoms with Crippen LogP contribution in [-0.4, -0.2) is 36.9 Å². The molecule has 124 valence electrons. The first-order valence-corrected chi connectivity index (χ1v) is 8.73. The molecular formula is C19H32NO2+. The summed E-state index contributed by atoms with van der Waals surface area (Å²) in [5.74, 6) is 1.36. The molecule has 0 bridgehead atoms. The third-order valence-electron chi connectivity index (χ3n) is 4.80. The fraction of sp³-hybridized carbons (Fsp3) is 0.684. The number of rotatable bonds is 6. The number of aliphatic hydroxyl groups is 1. The van der Waals surface area contributed by atoms with Crippen molar-refractivity contribution in [3.63, 3.8) is 0 Å². The SMILES string of the molecule is Cc1ccc(C(C)C)c(OC[C@H](O)C[NH+]2CCCC[C@@H]2C)c1. The lowest BCUT2D eigenvalue weighted by Gasteiger charge is -2.31.